The summed E-state index contributed by atoms with van der Waals surface area (Å²) < 4.78 is 1.91. The smallest absolute Gasteiger partial charge is 0.251 e. The summed E-state index contributed by atoms with van der Waals surface area (Å²) in [6.07, 6.45) is 4.09. The molecule has 3 aromatic rings. The fraction of sp³-hybridized carbons (Fsp3) is 0.400. The van der Waals surface area contributed by atoms with Gasteiger partial charge in [-0.1, -0.05) is 29.5 Å². The first-order chi connectivity index (χ1) is 16.9. The summed E-state index contributed by atoms with van der Waals surface area (Å²) in [5.41, 5.74) is 3.39. The topological polar surface area (TPSA) is 113 Å². The number of fused-ring (bicyclic) bond motifs is 1. The van der Waals surface area contributed by atoms with E-state index in [-0.39, 0.29) is 23.6 Å². The number of hydrogen-bond donors (Lipinski definition) is 2. The molecule has 0 saturated carbocycles. The number of rotatable bonds is 8. The standard InChI is InChI=1S/C25H28N6O2S2/c1-4-31-22(16(3)27-23(33)17-11-9-15(2)10-12-17)29-30-25(31)34-14-21(32)28-24-19(13-26)18-7-5-6-8-20(18)35-24/h9-12,16H,4-8,14H2,1-3H3,(H,27,33)(H,28,32)/t16-/m0/s1. The number of carbonyl (C=O) groups is 2. The zero-order valence-corrected chi connectivity index (χ0v) is 21.7. The van der Waals surface area contributed by atoms with E-state index in [0.717, 1.165) is 36.8 Å². The normalized spacial score (nSPS) is 13.5. The van der Waals surface area contributed by atoms with E-state index in [2.05, 4.69) is 26.9 Å². The van der Waals surface area contributed by atoms with Crippen LogP contribution < -0.4 is 10.6 Å². The number of anilines is 1. The van der Waals surface area contributed by atoms with Gasteiger partial charge in [0.25, 0.3) is 5.91 Å². The molecule has 35 heavy (non-hydrogen) atoms. The highest BCUT2D eigenvalue weighted by molar-refractivity contribution is 7.99. The Morgan fingerprint density at radius 2 is 1.97 bits per heavy atom. The second-order valence-electron chi connectivity index (χ2n) is 8.51. The van der Waals surface area contributed by atoms with Crippen LogP contribution in [0.25, 0.3) is 0 Å². The van der Waals surface area contributed by atoms with Gasteiger partial charge in [0.1, 0.15) is 11.1 Å². The third-order valence-electron chi connectivity index (χ3n) is 5.98. The summed E-state index contributed by atoms with van der Waals surface area (Å²) in [4.78, 5) is 26.5. The Kier molecular flexibility index (Phi) is 7.88. The molecule has 2 aromatic heterocycles. The Hall–Kier alpha value is -3.16. The average molecular weight is 509 g/mol. The Bertz CT molecular complexity index is 1270. The number of thiophene rings is 1. The third kappa shape index (κ3) is 5.57. The molecular formula is C25H28N6O2S2. The Labute approximate surface area is 213 Å². The Balaban J connectivity index is 1.39. The van der Waals surface area contributed by atoms with Crippen LogP contribution >= 0.6 is 23.1 Å². The van der Waals surface area contributed by atoms with Crippen LogP contribution in [0.3, 0.4) is 0 Å². The SMILES string of the molecule is CCn1c(SCC(=O)Nc2sc3c(c2C#N)CCCC3)nnc1[C@H](C)NC(=O)c1ccc(C)cc1. The first-order valence-electron chi connectivity index (χ1n) is 11.7. The predicted octanol–water partition coefficient (Wildman–Crippen LogP) is 4.64. The van der Waals surface area contributed by atoms with Gasteiger partial charge in [-0.2, -0.15) is 5.26 Å². The molecule has 0 spiro atoms. The number of nitriles is 1. The lowest BCUT2D eigenvalue weighted by molar-refractivity contribution is -0.113. The van der Waals surface area contributed by atoms with E-state index in [4.69, 9.17) is 0 Å². The molecule has 0 bridgehead atoms. The van der Waals surface area contributed by atoms with E-state index in [1.807, 2.05) is 37.5 Å². The number of amides is 2. The molecule has 1 aliphatic rings. The van der Waals surface area contributed by atoms with Gasteiger partial charge in [-0.15, -0.1) is 21.5 Å². The molecule has 1 aliphatic carbocycles. The number of nitrogens with zero attached hydrogens (tertiary/aromatic N) is 4. The maximum Gasteiger partial charge on any atom is 0.251 e. The molecule has 1 atom stereocenters. The summed E-state index contributed by atoms with van der Waals surface area (Å²) in [5.74, 6) is 0.422. The second kappa shape index (κ2) is 11.1. The van der Waals surface area contributed by atoms with Crippen molar-refractivity contribution in [2.24, 2.45) is 0 Å². The second-order valence-corrected chi connectivity index (χ2v) is 10.6. The maximum absolute atomic E-state index is 12.7. The maximum atomic E-state index is 12.7. The summed E-state index contributed by atoms with van der Waals surface area (Å²) in [6, 6.07) is 9.32. The zero-order chi connectivity index (χ0) is 24.9. The van der Waals surface area contributed by atoms with E-state index in [1.165, 1.54) is 28.0 Å². The van der Waals surface area contributed by atoms with Crippen LogP contribution in [0.1, 0.15) is 70.5 Å². The van der Waals surface area contributed by atoms with E-state index in [9.17, 15) is 14.9 Å². The van der Waals surface area contributed by atoms with Crippen LogP contribution in [0.5, 0.6) is 0 Å². The largest absolute Gasteiger partial charge is 0.342 e. The van der Waals surface area contributed by atoms with Gasteiger partial charge in [-0.3, -0.25) is 9.59 Å². The summed E-state index contributed by atoms with van der Waals surface area (Å²) in [7, 11) is 0. The lowest BCUT2D eigenvalue weighted by Crippen LogP contribution is -2.28. The summed E-state index contributed by atoms with van der Waals surface area (Å²) >= 11 is 2.81. The van der Waals surface area contributed by atoms with Gasteiger partial charge in [0.2, 0.25) is 5.91 Å². The van der Waals surface area contributed by atoms with E-state index in [1.54, 1.807) is 12.1 Å². The number of thioether (sulfide) groups is 1. The van der Waals surface area contributed by atoms with Crippen molar-refractivity contribution in [1.29, 1.82) is 5.26 Å². The molecule has 0 fully saturated rings. The highest BCUT2D eigenvalue weighted by Gasteiger charge is 2.23. The molecule has 2 amide bonds. The molecule has 1 aromatic carbocycles. The first-order valence-corrected chi connectivity index (χ1v) is 13.5. The van der Waals surface area contributed by atoms with Gasteiger partial charge in [-0.05, 0) is 64.2 Å². The minimum atomic E-state index is -0.352. The van der Waals surface area contributed by atoms with Gasteiger partial charge in [0.15, 0.2) is 11.0 Å². The Morgan fingerprint density at radius 1 is 1.23 bits per heavy atom. The average Bonchev–Trinajstić information content (AvgIpc) is 3.43. The number of aryl methyl sites for hydroxylation is 2. The summed E-state index contributed by atoms with van der Waals surface area (Å²) in [6.45, 7) is 6.42. The molecule has 8 nitrogen and oxygen atoms in total. The number of carbonyl (C=O) groups excluding carboxylic acids is 2. The molecular weight excluding hydrogens is 480 g/mol. The number of aromatic nitrogens is 3. The molecule has 0 aliphatic heterocycles. The van der Waals surface area contributed by atoms with Crippen LogP contribution in [0.4, 0.5) is 5.00 Å². The van der Waals surface area contributed by atoms with Crippen molar-refractivity contribution in [2.75, 3.05) is 11.1 Å². The van der Waals surface area contributed by atoms with Gasteiger partial charge in [0.05, 0.1) is 17.4 Å². The monoisotopic (exact) mass is 508 g/mol. The van der Waals surface area contributed by atoms with Gasteiger partial charge >= 0.3 is 0 Å². The van der Waals surface area contributed by atoms with Crippen molar-refractivity contribution in [1.82, 2.24) is 20.1 Å². The minimum absolute atomic E-state index is 0.148. The van der Waals surface area contributed by atoms with Crippen molar-refractivity contribution in [3.63, 3.8) is 0 Å². The number of benzene rings is 1. The first kappa shape index (κ1) is 24.9. The van der Waals surface area contributed by atoms with Crippen molar-refractivity contribution in [3.05, 3.63) is 57.2 Å². The van der Waals surface area contributed by atoms with Gasteiger partial charge in [-0.25, -0.2) is 0 Å². The molecule has 2 N–H and O–H groups in total. The van der Waals surface area contributed by atoms with Crippen LogP contribution in [0.15, 0.2) is 29.4 Å². The quantitative estimate of drug-likeness (QED) is 0.429. The van der Waals surface area contributed by atoms with E-state index in [0.29, 0.717) is 33.7 Å². The van der Waals surface area contributed by atoms with Crippen LogP contribution in [-0.4, -0.2) is 32.3 Å². The molecule has 0 unspecified atom stereocenters. The molecule has 0 saturated heterocycles. The van der Waals surface area contributed by atoms with Crippen molar-refractivity contribution >= 4 is 39.9 Å². The highest BCUT2D eigenvalue weighted by atomic mass is 32.2. The fourth-order valence-corrected chi connectivity index (χ4v) is 6.20. The predicted molar refractivity (Wildman–Crippen MR) is 138 cm³/mol. The highest BCUT2D eigenvalue weighted by Crippen LogP contribution is 2.37. The summed E-state index contributed by atoms with van der Waals surface area (Å²) in [5, 5.41) is 25.3. The molecule has 182 valence electrons. The fourth-order valence-electron chi connectivity index (χ4n) is 4.14. The van der Waals surface area contributed by atoms with Gasteiger partial charge < -0.3 is 15.2 Å². The molecule has 4 rings (SSSR count). The molecule has 2 heterocycles. The van der Waals surface area contributed by atoms with Crippen molar-refractivity contribution in [3.8, 4) is 6.07 Å². The number of nitrogens with one attached hydrogen (secondary N) is 2. The lowest BCUT2D eigenvalue weighted by Gasteiger charge is -2.15. The van der Waals surface area contributed by atoms with Crippen molar-refractivity contribution < 1.29 is 9.59 Å². The Morgan fingerprint density at radius 3 is 2.69 bits per heavy atom. The zero-order valence-electron chi connectivity index (χ0n) is 20.1. The van der Waals surface area contributed by atoms with Crippen LogP contribution in [0.2, 0.25) is 0 Å². The van der Waals surface area contributed by atoms with Crippen LogP contribution in [0, 0.1) is 18.3 Å². The van der Waals surface area contributed by atoms with E-state index < -0.39 is 0 Å². The van der Waals surface area contributed by atoms with Crippen LogP contribution in [-0.2, 0) is 24.2 Å². The third-order valence-corrected chi connectivity index (χ3v) is 8.15. The van der Waals surface area contributed by atoms with Gasteiger partial charge in [0, 0.05) is 17.0 Å². The molecule has 0 radical (unpaired) electrons. The molecule has 10 heteroatoms. The lowest BCUT2D eigenvalue weighted by atomic mass is 9.96. The van der Waals surface area contributed by atoms with Crippen molar-refractivity contribution in [2.45, 2.75) is 64.2 Å². The number of hydrogen-bond acceptors (Lipinski definition) is 7. The minimum Gasteiger partial charge on any atom is -0.342 e. The van der Waals surface area contributed by atoms with E-state index >= 15 is 0 Å².